The van der Waals surface area contributed by atoms with Gasteiger partial charge in [-0.25, -0.2) is 4.79 Å². The van der Waals surface area contributed by atoms with Gasteiger partial charge in [0.1, 0.15) is 6.04 Å². The van der Waals surface area contributed by atoms with Gasteiger partial charge in [-0.2, -0.15) is 13.2 Å². The van der Waals surface area contributed by atoms with Crippen LogP contribution < -0.4 is 16.1 Å². The first kappa shape index (κ1) is 32.2. The minimum absolute atomic E-state index is 0.000332. The molecular weight excluding hydrogens is 581 g/mol. The van der Waals surface area contributed by atoms with Gasteiger partial charge < -0.3 is 25.5 Å². The number of carbonyl (C=O) groups excluding carboxylic acids is 4. The predicted octanol–water partition coefficient (Wildman–Crippen LogP) is 3.64. The van der Waals surface area contributed by atoms with Crippen molar-refractivity contribution in [2.75, 3.05) is 11.7 Å². The number of hydroxylamine groups is 1. The first-order chi connectivity index (χ1) is 20.7. The monoisotopic (exact) mass is 612 g/mol. The summed E-state index contributed by atoms with van der Waals surface area (Å²) in [5, 5.41) is 2.93. The molecule has 232 valence electrons. The Hall–Kier alpha value is -4.75. The number of alkyl halides is 3. The van der Waals surface area contributed by atoms with Crippen LogP contribution in [0, 0.1) is 0 Å². The van der Waals surface area contributed by atoms with Gasteiger partial charge in [-0.1, -0.05) is 54.6 Å². The molecule has 3 N–H and O–H groups in total. The minimum Gasteiger partial charge on any atom is -0.374 e. The van der Waals surface area contributed by atoms with Crippen molar-refractivity contribution in [1.29, 1.82) is 0 Å². The maximum absolute atomic E-state index is 13.6. The Bertz CT molecular complexity index is 1510. The number of nitrogens with two attached hydrogens (primary N) is 1. The van der Waals surface area contributed by atoms with Gasteiger partial charge in [0.2, 0.25) is 11.8 Å². The zero-order chi connectivity index (χ0) is 32.1. The molecule has 10 nitrogen and oxygen atoms in total. The zero-order valence-electron chi connectivity index (χ0n) is 24.0. The summed E-state index contributed by atoms with van der Waals surface area (Å²) in [5.74, 6) is -4.62. The molecule has 13 heteroatoms. The fourth-order valence-corrected chi connectivity index (χ4v) is 4.32. The highest BCUT2D eigenvalue weighted by Crippen LogP contribution is 2.30. The average Bonchev–Trinajstić information content (AvgIpc) is 3.42. The second-order valence-corrected chi connectivity index (χ2v) is 10.7. The van der Waals surface area contributed by atoms with Crippen LogP contribution in [-0.2, 0) is 43.7 Å². The third kappa shape index (κ3) is 7.99. The lowest BCUT2D eigenvalue weighted by Crippen LogP contribution is -2.57. The molecule has 0 aromatic heterocycles. The summed E-state index contributed by atoms with van der Waals surface area (Å²) >= 11 is 0. The predicted molar refractivity (Wildman–Crippen MR) is 152 cm³/mol. The van der Waals surface area contributed by atoms with Crippen LogP contribution in [0.1, 0.15) is 40.9 Å². The topological polar surface area (TPSA) is 131 Å². The highest BCUT2D eigenvalue weighted by atomic mass is 19.4. The van der Waals surface area contributed by atoms with E-state index in [0.717, 1.165) is 5.56 Å². The molecule has 3 aromatic rings. The van der Waals surface area contributed by atoms with E-state index in [1.165, 1.54) is 61.2 Å². The van der Waals surface area contributed by atoms with Gasteiger partial charge in [-0.3, -0.25) is 14.4 Å². The van der Waals surface area contributed by atoms with E-state index < -0.39 is 41.4 Å². The maximum atomic E-state index is 13.6. The van der Waals surface area contributed by atoms with Crippen molar-refractivity contribution in [2.24, 2.45) is 5.73 Å². The third-order valence-corrected chi connectivity index (χ3v) is 6.65. The standard InChI is InChI=1S/C31H31F3N4O6/c1-30(2,35)28(41)36-25(19-43-18-20-9-5-3-6-10-20)27(40)37-16-22-13-14-24(15-23(22)17-37)38(44-29(42)31(32,33)34)26(39)21-11-7-4-8-12-21/h3-15,25H,16-19,35H2,1-2H3,(H,36,41)/t25-/m1/s1. The summed E-state index contributed by atoms with van der Waals surface area (Å²) in [7, 11) is 0. The molecule has 0 unspecified atom stereocenters. The molecular formula is C31H31F3N4O6. The van der Waals surface area contributed by atoms with Crippen LogP contribution in [0.4, 0.5) is 18.9 Å². The van der Waals surface area contributed by atoms with E-state index in [9.17, 15) is 32.3 Å². The molecule has 0 bridgehead atoms. The molecule has 3 aromatic carbocycles. The number of fused-ring (bicyclic) bond motifs is 1. The van der Waals surface area contributed by atoms with Gasteiger partial charge in [0, 0.05) is 18.7 Å². The second kappa shape index (κ2) is 13.3. The van der Waals surface area contributed by atoms with Gasteiger partial charge in [0.25, 0.3) is 5.91 Å². The summed E-state index contributed by atoms with van der Waals surface area (Å²) in [5.41, 5.74) is 6.50. The molecule has 0 radical (unpaired) electrons. The van der Waals surface area contributed by atoms with Gasteiger partial charge in [-0.15, -0.1) is 5.06 Å². The SMILES string of the molecule is CC(C)(N)C(=O)N[C@H](COCc1ccccc1)C(=O)N1Cc2ccc(N(OC(=O)C(F)(F)F)C(=O)c3ccccc3)cc2C1. The number of hydrogen-bond acceptors (Lipinski definition) is 7. The lowest BCUT2D eigenvalue weighted by molar-refractivity contribution is -0.199. The molecule has 1 aliphatic heterocycles. The van der Waals surface area contributed by atoms with Crippen molar-refractivity contribution >= 4 is 29.4 Å². The van der Waals surface area contributed by atoms with E-state index in [1.54, 1.807) is 6.07 Å². The third-order valence-electron chi connectivity index (χ3n) is 6.65. The van der Waals surface area contributed by atoms with E-state index in [0.29, 0.717) is 11.1 Å². The van der Waals surface area contributed by atoms with Gasteiger partial charge in [-0.05, 0) is 54.8 Å². The molecule has 4 rings (SSSR count). The van der Waals surface area contributed by atoms with Crippen molar-refractivity contribution in [2.45, 2.75) is 51.3 Å². The second-order valence-electron chi connectivity index (χ2n) is 10.7. The molecule has 1 heterocycles. The van der Waals surface area contributed by atoms with Crippen LogP contribution in [0.5, 0.6) is 0 Å². The van der Waals surface area contributed by atoms with E-state index in [1.807, 2.05) is 30.3 Å². The van der Waals surface area contributed by atoms with Gasteiger partial charge in [0.05, 0.1) is 24.4 Å². The largest absolute Gasteiger partial charge is 0.493 e. The quantitative estimate of drug-likeness (QED) is 0.353. The Labute approximate surface area is 251 Å². The van der Waals surface area contributed by atoms with E-state index in [4.69, 9.17) is 10.5 Å². The van der Waals surface area contributed by atoms with Crippen LogP contribution >= 0.6 is 0 Å². The number of nitrogens with one attached hydrogen (secondary N) is 1. The summed E-state index contributed by atoms with van der Waals surface area (Å²) < 4.78 is 45.0. The highest BCUT2D eigenvalue weighted by Gasteiger charge is 2.44. The molecule has 0 fully saturated rings. The number of benzene rings is 3. The lowest BCUT2D eigenvalue weighted by Gasteiger charge is -2.27. The number of nitrogens with zero attached hydrogens (tertiary/aromatic N) is 2. The van der Waals surface area contributed by atoms with Crippen LogP contribution in [-0.4, -0.2) is 53.0 Å². The Morgan fingerprint density at radius 3 is 2.16 bits per heavy atom. The average molecular weight is 613 g/mol. The highest BCUT2D eigenvalue weighted by molar-refractivity contribution is 6.06. The summed E-state index contributed by atoms with van der Waals surface area (Å²) in [6.07, 6.45) is -5.35. The first-order valence-electron chi connectivity index (χ1n) is 13.5. The molecule has 0 spiro atoms. The summed E-state index contributed by atoms with van der Waals surface area (Å²) in [6, 6.07) is 19.7. The van der Waals surface area contributed by atoms with Crippen molar-refractivity contribution in [3.63, 3.8) is 0 Å². The molecule has 1 aliphatic rings. The molecule has 0 aliphatic carbocycles. The Kier molecular flexibility index (Phi) is 9.70. The number of anilines is 1. The van der Waals surface area contributed by atoms with Crippen molar-refractivity contribution in [3.8, 4) is 0 Å². The Morgan fingerprint density at radius 1 is 0.932 bits per heavy atom. The van der Waals surface area contributed by atoms with E-state index in [-0.39, 0.29) is 42.6 Å². The summed E-state index contributed by atoms with van der Waals surface area (Å²) in [6.45, 7) is 3.14. The molecule has 3 amide bonds. The van der Waals surface area contributed by atoms with Crippen LogP contribution in [0.15, 0.2) is 78.9 Å². The fraction of sp³-hybridized carbons (Fsp3) is 0.290. The normalized spacial score (nSPS) is 13.5. The smallest absolute Gasteiger partial charge is 0.374 e. The number of ether oxygens (including phenoxy) is 1. The Morgan fingerprint density at radius 2 is 1.55 bits per heavy atom. The van der Waals surface area contributed by atoms with Crippen molar-refractivity contribution in [3.05, 3.63) is 101 Å². The number of rotatable bonds is 9. The van der Waals surface area contributed by atoms with Crippen LogP contribution in [0.2, 0.25) is 0 Å². The first-order valence-corrected chi connectivity index (χ1v) is 13.5. The van der Waals surface area contributed by atoms with Gasteiger partial charge in [0.15, 0.2) is 0 Å². The van der Waals surface area contributed by atoms with E-state index in [2.05, 4.69) is 10.2 Å². The minimum atomic E-state index is -5.35. The van der Waals surface area contributed by atoms with Crippen LogP contribution in [0.25, 0.3) is 0 Å². The molecule has 0 saturated carbocycles. The number of hydrogen-bond donors (Lipinski definition) is 2. The molecule has 1 atom stereocenters. The van der Waals surface area contributed by atoms with Crippen molar-refractivity contribution in [1.82, 2.24) is 10.2 Å². The number of amides is 3. The molecule has 0 saturated heterocycles. The lowest BCUT2D eigenvalue weighted by atomic mass is 10.1. The number of halogens is 3. The van der Waals surface area contributed by atoms with Gasteiger partial charge >= 0.3 is 12.1 Å². The molecule has 44 heavy (non-hydrogen) atoms. The van der Waals surface area contributed by atoms with Crippen molar-refractivity contribution < 1.29 is 41.9 Å². The fourth-order valence-electron chi connectivity index (χ4n) is 4.32. The summed E-state index contributed by atoms with van der Waals surface area (Å²) in [4.78, 5) is 57.1. The zero-order valence-corrected chi connectivity index (χ0v) is 24.0. The maximum Gasteiger partial charge on any atom is 0.493 e. The number of carbonyl (C=O) groups is 4. The van der Waals surface area contributed by atoms with Crippen LogP contribution in [0.3, 0.4) is 0 Å². The van der Waals surface area contributed by atoms with E-state index >= 15 is 0 Å². The Balaban J connectivity index is 1.54.